The maximum Gasteiger partial charge on any atom is 0.312 e. The lowest BCUT2D eigenvalue weighted by atomic mass is 10.3. The van der Waals surface area contributed by atoms with Crippen molar-refractivity contribution in [3.63, 3.8) is 0 Å². The number of nitrogens with one attached hydrogen (secondary N) is 1. The van der Waals surface area contributed by atoms with E-state index in [1.807, 2.05) is 0 Å². The van der Waals surface area contributed by atoms with Gasteiger partial charge < -0.3 is 14.6 Å². The van der Waals surface area contributed by atoms with Gasteiger partial charge >= 0.3 is 5.69 Å². The fourth-order valence-corrected chi connectivity index (χ4v) is 2.43. The molecule has 0 aliphatic rings. The van der Waals surface area contributed by atoms with Crippen LogP contribution in [0.1, 0.15) is 0 Å². The van der Waals surface area contributed by atoms with Gasteiger partial charge in [-0.15, -0.1) is 0 Å². The van der Waals surface area contributed by atoms with Gasteiger partial charge in [0.25, 0.3) is 0 Å². The van der Waals surface area contributed by atoms with Gasteiger partial charge in [-0.25, -0.2) is 13.1 Å². The Bertz CT molecular complexity index is 588. The number of phenolic OH excluding ortho intramolecular Hbond substituents is 1. The molecule has 2 N–H and O–H groups in total. The van der Waals surface area contributed by atoms with Crippen LogP contribution < -0.4 is 4.72 Å². The van der Waals surface area contributed by atoms with Gasteiger partial charge in [0.15, 0.2) is 5.75 Å². The Labute approximate surface area is 121 Å². The first-order valence-electron chi connectivity index (χ1n) is 5.92. The first-order chi connectivity index (χ1) is 9.88. The van der Waals surface area contributed by atoms with Crippen LogP contribution in [-0.4, -0.2) is 51.9 Å². The van der Waals surface area contributed by atoms with Crippen LogP contribution in [0.3, 0.4) is 0 Å². The number of phenols is 1. The third kappa shape index (κ3) is 5.27. The fraction of sp³-hybridized carbons (Fsp3) is 0.455. The highest BCUT2D eigenvalue weighted by Crippen LogP contribution is 2.27. The predicted octanol–water partition coefficient (Wildman–Crippen LogP) is 0.242. The Morgan fingerprint density at radius 1 is 1.33 bits per heavy atom. The Morgan fingerprint density at radius 2 is 2.05 bits per heavy atom. The molecule has 0 aromatic heterocycles. The normalized spacial score (nSPS) is 11.5. The highest BCUT2D eigenvalue weighted by atomic mass is 32.2. The summed E-state index contributed by atoms with van der Waals surface area (Å²) in [4.78, 5) is 9.50. The molecule has 1 rings (SSSR count). The minimum Gasteiger partial charge on any atom is -0.502 e. The molecular weight excluding hydrogens is 304 g/mol. The monoisotopic (exact) mass is 320 g/mol. The second-order valence-electron chi connectivity index (χ2n) is 3.91. The van der Waals surface area contributed by atoms with E-state index < -0.39 is 26.4 Å². The standard InChI is InChI=1S/C11H16N2O7S/c1-19-6-7-20-5-4-12-21(17,18)9-2-3-11(14)10(8-9)13(15)16/h2-3,8,12,14H,4-7H2,1H3. The van der Waals surface area contributed by atoms with Gasteiger partial charge in [-0.2, -0.15) is 0 Å². The third-order valence-electron chi connectivity index (χ3n) is 2.42. The van der Waals surface area contributed by atoms with E-state index in [9.17, 15) is 23.6 Å². The zero-order chi connectivity index (χ0) is 15.9. The average molecular weight is 320 g/mol. The predicted molar refractivity (Wildman–Crippen MR) is 72.6 cm³/mol. The van der Waals surface area contributed by atoms with Gasteiger partial charge in [-0.3, -0.25) is 10.1 Å². The summed E-state index contributed by atoms with van der Waals surface area (Å²) in [5.74, 6) is -0.596. The lowest BCUT2D eigenvalue weighted by molar-refractivity contribution is -0.386. The number of rotatable bonds is 9. The molecule has 0 saturated heterocycles. The summed E-state index contributed by atoms with van der Waals surface area (Å²) in [5.41, 5.74) is -0.672. The van der Waals surface area contributed by atoms with E-state index in [4.69, 9.17) is 9.47 Å². The SMILES string of the molecule is COCCOCCNS(=O)(=O)c1ccc(O)c([N+](=O)[O-])c1. The van der Waals surface area contributed by atoms with E-state index in [1.165, 1.54) is 7.11 Å². The quantitative estimate of drug-likeness (QED) is 0.379. The minimum absolute atomic E-state index is 0.0146. The van der Waals surface area contributed by atoms with E-state index in [-0.39, 0.29) is 18.0 Å². The number of nitro groups is 1. The van der Waals surface area contributed by atoms with E-state index in [0.717, 1.165) is 18.2 Å². The zero-order valence-electron chi connectivity index (χ0n) is 11.3. The van der Waals surface area contributed by atoms with Crippen molar-refractivity contribution in [2.45, 2.75) is 4.90 Å². The molecule has 0 saturated carbocycles. The number of nitro benzene ring substituents is 1. The van der Waals surface area contributed by atoms with Crippen molar-refractivity contribution in [3.05, 3.63) is 28.3 Å². The summed E-state index contributed by atoms with van der Waals surface area (Å²) in [6.45, 7) is 0.892. The van der Waals surface area contributed by atoms with Crippen molar-refractivity contribution < 1.29 is 27.9 Å². The second kappa shape index (κ2) is 7.88. The summed E-state index contributed by atoms with van der Waals surface area (Å²) in [5, 5.41) is 19.9. The molecule has 10 heteroatoms. The highest BCUT2D eigenvalue weighted by Gasteiger charge is 2.20. The summed E-state index contributed by atoms with van der Waals surface area (Å²) in [6.07, 6.45) is 0. The number of hydrogen-bond acceptors (Lipinski definition) is 7. The van der Waals surface area contributed by atoms with Crippen molar-refractivity contribution in [1.82, 2.24) is 4.72 Å². The van der Waals surface area contributed by atoms with Crippen LogP contribution in [0.4, 0.5) is 5.69 Å². The second-order valence-corrected chi connectivity index (χ2v) is 5.68. The van der Waals surface area contributed by atoms with Crippen molar-refractivity contribution in [2.24, 2.45) is 0 Å². The van der Waals surface area contributed by atoms with Crippen LogP contribution in [-0.2, 0) is 19.5 Å². The molecule has 0 heterocycles. The zero-order valence-corrected chi connectivity index (χ0v) is 12.1. The van der Waals surface area contributed by atoms with Crippen molar-refractivity contribution in [2.75, 3.05) is 33.5 Å². The molecule has 0 bridgehead atoms. The molecule has 9 nitrogen and oxygen atoms in total. The molecule has 0 amide bonds. The molecule has 0 atom stereocenters. The number of benzene rings is 1. The first-order valence-corrected chi connectivity index (χ1v) is 7.40. The number of hydrogen-bond donors (Lipinski definition) is 2. The molecule has 0 fully saturated rings. The van der Waals surface area contributed by atoms with Crippen LogP contribution in [0.25, 0.3) is 0 Å². The molecule has 0 radical (unpaired) electrons. The van der Waals surface area contributed by atoms with Gasteiger partial charge in [0.05, 0.1) is 29.6 Å². The van der Waals surface area contributed by atoms with Crippen molar-refractivity contribution in [1.29, 1.82) is 0 Å². The van der Waals surface area contributed by atoms with E-state index in [2.05, 4.69) is 4.72 Å². The molecule has 1 aromatic carbocycles. The van der Waals surface area contributed by atoms with Crippen LogP contribution >= 0.6 is 0 Å². The van der Waals surface area contributed by atoms with Gasteiger partial charge in [0.1, 0.15) is 0 Å². The van der Waals surface area contributed by atoms with Crippen LogP contribution in [0.2, 0.25) is 0 Å². The van der Waals surface area contributed by atoms with Crippen LogP contribution in [0.15, 0.2) is 23.1 Å². The van der Waals surface area contributed by atoms with E-state index in [1.54, 1.807) is 0 Å². The number of aromatic hydroxyl groups is 1. The molecule has 118 valence electrons. The minimum atomic E-state index is -3.90. The molecule has 0 aliphatic heterocycles. The molecule has 0 unspecified atom stereocenters. The number of methoxy groups -OCH3 is 1. The Morgan fingerprint density at radius 3 is 2.67 bits per heavy atom. The topological polar surface area (TPSA) is 128 Å². The summed E-state index contributed by atoms with van der Waals surface area (Å²) in [6, 6.07) is 2.83. The number of ether oxygens (including phenoxy) is 2. The largest absolute Gasteiger partial charge is 0.502 e. The van der Waals surface area contributed by atoms with Crippen molar-refractivity contribution >= 4 is 15.7 Å². The van der Waals surface area contributed by atoms with Gasteiger partial charge in [0, 0.05) is 19.7 Å². The number of sulfonamides is 1. The van der Waals surface area contributed by atoms with Crippen LogP contribution in [0.5, 0.6) is 5.75 Å². The van der Waals surface area contributed by atoms with Gasteiger partial charge in [-0.1, -0.05) is 0 Å². The molecule has 1 aromatic rings. The Kier molecular flexibility index (Phi) is 6.49. The lowest BCUT2D eigenvalue weighted by Crippen LogP contribution is -2.27. The first kappa shape index (κ1) is 17.3. The smallest absolute Gasteiger partial charge is 0.312 e. The van der Waals surface area contributed by atoms with Gasteiger partial charge in [0.2, 0.25) is 10.0 Å². The van der Waals surface area contributed by atoms with Crippen molar-refractivity contribution in [3.8, 4) is 5.75 Å². The maximum atomic E-state index is 11.9. The maximum absolute atomic E-state index is 11.9. The number of nitrogens with zero attached hydrogens (tertiary/aromatic N) is 1. The Balaban J connectivity index is 2.66. The Hall–Kier alpha value is -1.75. The highest BCUT2D eigenvalue weighted by molar-refractivity contribution is 7.89. The van der Waals surface area contributed by atoms with E-state index in [0.29, 0.717) is 13.2 Å². The summed E-state index contributed by atoms with van der Waals surface area (Å²) >= 11 is 0. The summed E-state index contributed by atoms with van der Waals surface area (Å²) < 4.78 is 35.9. The molecule has 0 spiro atoms. The molecule has 0 aliphatic carbocycles. The third-order valence-corrected chi connectivity index (χ3v) is 3.88. The lowest BCUT2D eigenvalue weighted by Gasteiger charge is -2.07. The van der Waals surface area contributed by atoms with Crippen LogP contribution in [0, 0.1) is 10.1 Å². The molecular formula is C11H16N2O7S. The van der Waals surface area contributed by atoms with E-state index >= 15 is 0 Å². The molecule has 21 heavy (non-hydrogen) atoms. The summed E-state index contributed by atoms with van der Waals surface area (Å²) in [7, 11) is -2.38. The van der Waals surface area contributed by atoms with Gasteiger partial charge in [-0.05, 0) is 12.1 Å². The fourth-order valence-electron chi connectivity index (χ4n) is 1.39. The average Bonchev–Trinajstić information content (AvgIpc) is 2.42.